The highest BCUT2D eigenvalue weighted by molar-refractivity contribution is 5.91. The lowest BCUT2D eigenvalue weighted by atomic mass is 9.77. The smallest absolute Gasteiger partial charge is 0.310 e. The molecule has 1 spiro atoms. The predicted octanol–water partition coefficient (Wildman–Crippen LogP) is -0.0528. The summed E-state index contributed by atoms with van der Waals surface area (Å²) in [6.45, 7) is 2.48. The molecule has 6 nitrogen and oxygen atoms in total. The van der Waals surface area contributed by atoms with Gasteiger partial charge in [0, 0.05) is 6.04 Å². The van der Waals surface area contributed by atoms with Crippen molar-refractivity contribution in [1.82, 2.24) is 9.80 Å². The number of likely N-dealkylation sites (tertiary alicyclic amines) is 2. The summed E-state index contributed by atoms with van der Waals surface area (Å²) in [5.41, 5.74) is -0.686. The Labute approximate surface area is 123 Å². The Balaban J connectivity index is 1.60. The Bertz CT molecular complexity index is 526. The average molecular weight is 292 g/mol. The number of carbonyl (C=O) groups is 2. The lowest BCUT2D eigenvalue weighted by Crippen LogP contribution is -2.46. The lowest BCUT2D eigenvalue weighted by Gasteiger charge is -2.36. The molecule has 4 atom stereocenters. The van der Waals surface area contributed by atoms with Crippen LogP contribution in [0.25, 0.3) is 0 Å². The van der Waals surface area contributed by atoms with Crippen molar-refractivity contribution < 1.29 is 19.4 Å². The van der Waals surface area contributed by atoms with E-state index in [1.54, 1.807) is 0 Å². The minimum Gasteiger partial charge on any atom is -0.481 e. The second-order valence-electron chi connectivity index (χ2n) is 6.74. The first-order chi connectivity index (χ1) is 10.0. The van der Waals surface area contributed by atoms with Crippen LogP contribution < -0.4 is 0 Å². The van der Waals surface area contributed by atoms with Gasteiger partial charge >= 0.3 is 5.97 Å². The summed E-state index contributed by atoms with van der Waals surface area (Å²) in [6, 6.07) is 0.221. The summed E-state index contributed by atoms with van der Waals surface area (Å²) < 4.78 is 5.91. The summed E-state index contributed by atoms with van der Waals surface area (Å²) in [6.07, 6.45) is 5.22. The van der Waals surface area contributed by atoms with E-state index in [0.717, 1.165) is 25.9 Å². The lowest BCUT2D eigenvalue weighted by molar-refractivity contribution is -0.148. The van der Waals surface area contributed by atoms with Crippen LogP contribution in [0.2, 0.25) is 0 Å². The molecule has 0 aromatic carbocycles. The second-order valence-corrected chi connectivity index (χ2v) is 6.74. The quantitative estimate of drug-likeness (QED) is 0.723. The molecule has 114 valence electrons. The number of carboxylic acids is 1. The number of nitrogens with zero attached hydrogens (tertiary/aromatic N) is 2. The number of hydrogen-bond acceptors (Lipinski definition) is 4. The first-order valence-electron chi connectivity index (χ1n) is 7.61. The number of piperidine rings is 1. The third-order valence-corrected chi connectivity index (χ3v) is 5.54. The van der Waals surface area contributed by atoms with Crippen molar-refractivity contribution in [3.05, 3.63) is 12.2 Å². The van der Waals surface area contributed by atoms with E-state index in [9.17, 15) is 14.7 Å². The maximum atomic E-state index is 12.8. The fraction of sp³-hybridized carbons (Fsp3) is 0.733. The normalized spacial score (nSPS) is 42.8. The van der Waals surface area contributed by atoms with Gasteiger partial charge in [-0.3, -0.25) is 9.59 Å². The molecule has 0 aliphatic carbocycles. The van der Waals surface area contributed by atoms with Crippen molar-refractivity contribution in [2.45, 2.75) is 30.6 Å². The Morgan fingerprint density at radius 2 is 2.14 bits per heavy atom. The Morgan fingerprint density at radius 1 is 1.43 bits per heavy atom. The van der Waals surface area contributed by atoms with Gasteiger partial charge in [0.05, 0.1) is 18.6 Å². The SMILES string of the molecule is CN1CCC(N2C[C@@]34C=C[C@@H](O3)C(C(=O)O)C4C2=O)CC1. The molecule has 3 fully saturated rings. The van der Waals surface area contributed by atoms with Crippen LogP contribution in [0.4, 0.5) is 0 Å². The van der Waals surface area contributed by atoms with Crippen molar-refractivity contribution in [3.8, 4) is 0 Å². The van der Waals surface area contributed by atoms with Crippen LogP contribution >= 0.6 is 0 Å². The molecule has 0 aromatic rings. The van der Waals surface area contributed by atoms with Gasteiger partial charge in [0.2, 0.25) is 5.91 Å². The standard InChI is InChI=1S/C15H20N2O4/c1-16-6-3-9(4-7-16)17-8-15-5-2-10(21-15)11(14(19)20)12(15)13(17)18/h2,5,9-12H,3-4,6-8H2,1H3,(H,19,20)/t10-,11?,12?,15-/m1/s1. The van der Waals surface area contributed by atoms with Crippen LogP contribution in [-0.4, -0.2) is 71.2 Å². The van der Waals surface area contributed by atoms with Crippen LogP contribution in [-0.2, 0) is 14.3 Å². The van der Waals surface area contributed by atoms with Gasteiger partial charge in [-0.15, -0.1) is 0 Å². The fourth-order valence-corrected chi connectivity index (χ4v) is 4.43. The zero-order valence-electron chi connectivity index (χ0n) is 12.1. The highest BCUT2D eigenvalue weighted by atomic mass is 16.5. The fourth-order valence-electron chi connectivity index (χ4n) is 4.43. The Hall–Kier alpha value is -1.40. The van der Waals surface area contributed by atoms with Gasteiger partial charge in [-0.25, -0.2) is 0 Å². The molecule has 21 heavy (non-hydrogen) atoms. The van der Waals surface area contributed by atoms with Crippen molar-refractivity contribution in [3.63, 3.8) is 0 Å². The molecule has 4 aliphatic rings. The summed E-state index contributed by atoms with van der Waals surface area (Å²) >= 11 is 0. The summed E-state index contributed by atoms with van der Waals surface area (Å²) in [5.74, 6) is -2.21. The maximum Gasteiger partial charge on any atom is 0.310 e. The third-order valence-electron chi connectivity index (χ3n) is 5.54. The molecule has 3 saturated heterocycles. The highest BCUT2D eigenvalue weighted by Gasteiger charge is 2.67. The number of rotatable bonds is 2. The molecule has 6 heteroatoms. The molecule has 0 aromatic heterocycles. The van der Waals surface area contributed by atoms with Crippen molar-refractivity contribution in [1.29, 1.82) is 0 Å². The van der Waals surface area contributed by atoms with E-state index in [1.165, 1.54) is 0 Å². The van der Waals surface area contributed by atoms with Gasteiger partial charge < -0.3 is 19.6 Å². The molecule has 0 radical (unpaired) electrons. The molecule has 1 N–H and O–H groups in total. The molecule has 4 aliphatic heterocycles. The number of ether oxygens (including phenoxy) is 1. The molecule has 0 saturated carbocycles. The monoisotopic (exact) mass is 292 g/mol. The van der Waals surface area contributed by atoms with E-state index < -0.39 is 29.5 Å². The molecule has 1 amide bonds. The first kappa shape index (κ1) is 13.3. The van der Waals surface area contributed by atoms with E-state index in [-0.39, 0.29) is 11.9 Å². The number of carboxylic acid groups (broad SMARTS) is 1. The van der Waals surface area contributed by atoms with Gasteiger partial charge in [-0.2, -0.15) is 0 Å². The van der Waals surface area contributed by atoms with Gasteiger partial charge in [0.25, 0.3) is 0 Å². The summed E-state index contributed by atoms with van der Waals surface area (Å²) in [7, 11) is 2.09. The van der Waals surface area contributed by atoms with Gasteiger partial charge in [0.15, 0.2) is 0 Å². The third kappa shape index (κ3) is 1.72. The van der Waals surface area contributed by atoms with E-state index in [0.29, 0.717) is 6.54 Å². The minimum atomic E-state index is -0.921. The number of carbonyl (C=O) groups excluding carboxylic acids is 1. The van der Waals surface area contributed by atoms with Crippen molar-refractivity contribution in [2.24, 2.45) is 11.8 Å². The van der Waals surface area contributed by atoms with Crippen LogP contribution in [0.3, 0.4) is 0 Å². The molecular formula is C15H20N2O4. The van der Waals surface area contributed by atoms with Gasteiger partial charge in [-0.1, -0.05) is 12.2 Å². The molecular weight excluding hydrogens is 272 g/mol. The van der Waals surface area contributed by atoms with Crippen LogP contribution in [0, 0.1) is 11.8 Å². The van der Waals surface area contributed by atoms with Gasteiger partial charge in [0.1, 0.15) is 11.5 Å². The largest absolute Gasteiger partial charge is 0.481 e. The number of amides is 1. The van der Waals surface area contributed by atoms with Crippen LogP contribution in [0.15, 0.2) is 12.2 Å². The van der Waals surface area contributed by atoms with Crippen LogP contribution in [0.5, 0.6) is 0 Å². The van der Waals surface area contributed by atoms with E-state index in [4.69, 9.17) is 4.74 Å². The average Bonchev–Trinajstić information content (AvgIpc) is 3.08. The molecule has 2 bridgehead atoms. The van der Waals surface area contributed by atoms with Gasteiger partial charge in [-0.05, 0) is 33.0 Å². The number of aliphatic carboxylic acids is 1. The molecule has 4 rings (SSSR count). The molecule has 4 heterocycles. The number of fused-ring (bicyclic) bond motifs is 1. The number of hydrogen-bond donors (Lipinski definition) is 1. The zero-order chi connectivity index (χ0) is 14.8. The maximum absolute atomic E-state index is 12.8. The van der Waals surface area contributed by atoms with E-state index >= 15 is 0 Å². The highest BCUT2D eigenvalue weighted by Crippen LogP contribution is 2.52. The van der Waals surface area contributed by atoms with Crippen molar-refractivity contribution in [2.75, 3.05) is 26.7 Å². The molecule has 2 unspecified atom stereocenters. The van der Waals surface area contributed by atoms with E-state index in [1.807, 2.05) is 17.1 Å². The second kappa shape index (κ2) is 4.30. The topological polar surface area (TPSA) is 70.1 Å². The first-order valence-corrected chi connectivity index (χ1v) is 7.61. The van der Waals surface area contributed by atoms with Crippen LogP contribution in [0.1, 0.15) is 12.8 Å². The van der Waals surface area contributed by atoms with E-state index in [2.05, 4.69) is 11.9 Å². The summed E-state index contributed by atoms with van der Waals surface area (Å²) in [5, 5.41) is 9.44. The zero-order valence-corrected chi connectivity index (χ0v) is 12.1. The summed E-state index contributed by atoms with van der Waals surface area (Å²) in [4.78, 5) is 28.5. The Morgan fingerprint density at radius 3 is 2.81 bits per heavy atom. The minimum absolute atomic E-state index is 0.0243. The van der Waals surface area contributed by atoms with Crippen molar-refractivity contribution >= 4 is 11.9 Å². The predicted molar refractivity (Wildman–Crippen MR) is 73.6 cm³/mol. The Kier molecular flexibility index (Phi) is 2.72.